The molecule has 4 nitrogen and oxygen atoms in total. The highest BCUT2D eigenvalue weighted by Crippen LogP contribution is 2.34. The van der Waals surface area contributed by atoms with E-state index >= 15 is 0 Å². The van der Waals surface area contributed by atoms with Crippen LogP contribution in [-0.4, -0.2) is 18.0 Å². The minimum Gasteiger partial charge on any atom is -0.457 e. The Morgan fingerprint density at radius 3 is 2.65 bits per heavy atom. The molecule has 0 aromatic rings. The fourth-order valence-electron chi connectivity index (χ4n) is 1.61. The molecule has 1 atom stereocenters. The summed E-state index contributed by atoms with van der Waals surface area (Å²) in [5.74, 6) is -0.388. The van der Waals surface area contributed by atoms with E-state index in [0.29, 0.717) is 22.2 Å². The Kier molecular flexibility index (Phi) is 4.93. The number of rotatable bonds is 4. The predicted octanol–water partition coefficient (Wildman–Crippen LogP) is 2.83. The maximum atomic E-state index is 11.7. The van der Waals surface area contributed by atoms with Crippen LogP contribution in [0.25, 0.3) is 0 Å². The van der Waals surface area contributed by atoms with Crippen molar-refractivity contribution in [2.75, 3.05) is 0 Å². The topological polar surface area (TPSA) is 52.6 Å². The molecular formula is C12H15BrO4. The fourth-order valence-corrected chi connectivity index (χ4v) is 2.33. The smallest absolute Gasteiger partial charge is 0.344 e. The summed E-state index contributed by atoms with van der Waals surface area (Å²) in [5.41, 5.74) is 0.384. The van der Waals surface area contributed by atoms with Gasteiger partial charge in [0.1, 0.15) is 11.9 Å². The largest absolute Gasteiger partial charge is 0.457 e. The zero-order valence-corrected chi connectivity index (χ0v) is 11.7. The third kappa shape index (κ3) is 3.19. The molecule has 0 N–H and O–H groups in total. The van der Waals surface area contributed by atoms with Gasteiger partial charge in [-0.3, -0.25) is 4.79 Å². The van der Waals surface area contributed by atoms with Crippen LogP contribution in [0.2, 0.25) is 0 Å². The molecule has 5 heteroatoms. The van der Waals surface area contributed by atoms with Crippen molar-refractivity contribution < 1.29 is 19.1 Å². The molecule has 17 heavy (non-hydrogen) atoms. The molecule has 0 aromatic heterocycles. The van der Waals surface area contributed by atoms with E-state index in [1.54, 1.807) is 13.0 Å². The van der Waals surface area contributed by atoms with Gasteiger partial charge in [-0.25, -0.2) is 4.79 Å². The minimum atomic E-state index is -0.545. The molecule has 0 spiro atoms. The molecule has 0 saturated heterocycles. The van der Waals surface area contributed by atoms with Crippen molar-refractivity contribution in [2.45, 2.75) is 39.7 Å². The van der Waals surface area contributed by atoms with Gasteiger partial charge >= 0.3 is 11.9 Å². The van der Waals surface area contributed by atoms with Gasteiger partial charge in [-0.15, -0.1) is 0 Å². The van der Waals surface area contributed by atoms with E-state index in [2.05, 4.69) is 15.9 Å². The number of carbonyl (C=O) groups is 2. The first kappa shape index (κ1) is 14.0. The second-order valence-electron chi connectivity index (χ2n) is 3.66. The van der Waals surface area contributed by atoms with Crippen LogP contribution in [0.1, 0.15) is 33.6 Å². The number of carbonyl (C=O) groups excluding carboxylic acids is 2. The standard InChI is InChI=1S/C12H15BrO4/c1-4-6-9(16-7(3)14)10-11(13)8(5-2)17-12(10)15/h5,9H,4,6H2,1-3H3/t9-/m1/s1. The number of esters is 2. The highest BCUT2D eigenvalue weighted by atomic mass is 79.9. The maximum absolute atomic E-state index is 11.7. The first-order chi connectivity index (χ1) is 8.01. The van der Waals surface area contributed by atoms with Crippen LogP contribution in [-0.2, 0) is 19.1 Å². The van der Waals surface area contributed by atoms with Crippen LogP contribution in [0.4, 0.5) is 0 Å². The molecule has 0 amide bonds. The van der Waals surface area contributed by atoms with Crippen LogP contribution < -0.4 is 0 Å². The van der Waals surface area contributed by atoms with Gasteiger partial charge < -0.3 is 9.47 Å². The van der Waals surface area contributed by atoms with E-state index in [9.17, 15) is 9.59 Å². The van der Waals surface area contributed by atoms with Crippen LogP contribution in [0, 0.1) is 0 Å². The quantitative estimate of drug-likeness (QED) is 0.749. The molecule has 1 aliphatic heterocycles. The molecule has 1 heterocycles. The minimum absolute atomic E-state index is 0.384. The molecule has 0 aliphatic carbocycles. The summed E-state index contributed by atoms with van der Waals surface area (Å²) >= 11 is 3.31. The van der Waals surface area contributed by atoms with E-state index in [4.69, 9.17) is 9.47 Å². The summed E-state index contributed by atoms with van der Waals surface area (Å²) in [4.78, 5) is 22.7. The highest BCUT2D eigenvalue weighted by molar-refractivity contribution is 9.12. The van der Waals surface area contributed by atoms with Gasteiger partial charge in [-0.1, -0.05) is 13.3 Å². The van der Waals surface area contributed by atoms with Gasteiger partial charge in [0.2, 0.25) is 0 Å². The molecule has 0 aromatic carbocycles. The Labute approximate surface area is 109 Å². The first-order valence-electron chi connectivity index (χ1n) is 5.47. The Hall–Kier alpha value is -1.10. The van der Waals surface area contributed by atoms with Crippen molar-refractivity contribution >= 4 is 27.9 Å². The molecule has 0 radical (unpaired) electrons. The van der Waals surface area contributed by atoms with Gasteiger partial charge in [0.25, 0.3) is 0 Å². The van der Waals surface area contributed by atoms with Gasteiger partial charge in [0.05, 0.1) is 10.1 Å². The van der Waals surface area contributed by atoms with E-state index in [1.165, 1.54) is 6.92 Å². The van der Waals surface area contributed by atoms with Crippen molar-refractivity contribution in [3.05, 3.63) is 21.9 Å². The Morgan fingerprint density at radius 1 is 1.59 bits per heavy atom. The average Bonchev–Trinajstić information content (AvgIpc) is 2.52. The monoisotopic (exact) mass is 302 g/mol. The molecule has 1 aliphatic rings. The molecule has 0 bridgehead atoms. The van der Waals surface area contributed by atoms with Crippen LogP contribution in [0.3, 0.4) is 0 Å². The lowest BCUT2D eigenvalue weighted by atomic mass is 10.1. The molecule has 0 fully saturated rings. The lowest BCUT2D eigenvalue weighted by Crippen LogP contribution is -2.22. The van der Waals surface area contributed by atoms with E-state index in [-0.39, 0.29) is 0 Å². The second-order valence-corrected chi connectivity index (χ2v) is 4.45. The third-order valence-corrected chi connectivity index (χ3v) is 3.14. The Morgan fingerprint density at radius 2 is 2.24 bits per heavy atom. The van der Waals surface area contributed by atoms with Crippen molar-refractivity contribution in [1.82, 2.24) is 0 Å². The van der Waals surface area contributed by atoms with Crippen LogP contribution in [0.5, 0.6) is 0 Å². The second kappa shape index (κ2) is 6.00. The zero-order chi connectivity index (χ0) is 13.0. The highest BCUT2D eigenvalue weighted by Gasteiger charge is 2.35. The van der Waals surface area contributed by atoms with Gasteiger partial charge in [0, 0.05) is 6.92 Å². The summed E-state index contributed by atoms with van der Waals surface area (Å²) in [5, 5.41) is 0. The number of halogens is 1. The predicted molar refractivity (Wildman–Crippen MR) is 66.3 cm³/mol. The normalized spacial score (nSPS) is 19.5. The summed E-state index contributed by atoms with van der Waals surface area (Å²) < 4.78 is 10.8. The fraction of sp³-hybridized carbons (Fsp3) is 0.500. The molecule has 0 saturated carbocycles. The third-order valence-electron chi connectivity index (χ3n) is 2.32. The van der Waals surface area contributed by atoms with E-state index in [0.717, 1.165) is 6.42 Å². The maximum Gasteiger partial charge on any atom is 0.344 e. The zero-order valence-electron chi connectivity index (χ0n) is 10.1. The molecule has 1 rings (SSSR count). The van der Waals surface area contributed by atoms with Gasteiger partial charge in [-0.2, -0.15) is 0 Å². The number of allylic oxidation sites excluding steroid dienone is 2. The number of cyclic esters (lactones) is 1. The van der Waals surface area contributed by atoms with Crippen LogP contribution in [0.15, 0.2) is 21.9 Å². The van der Waals surface area contributed by atoms with Crippen LogP contribution >= 0.6 is 15.9 Å². The van der Waals surface area contributed by atoms with Crippen molar-refractivity contribution in [2.24, 2.45) is 0 Å². The van der Waals surface area contributed by atoms with Crippen molar-refractivity contribution in [3.63, 3.8) is 0 Å². The van der Waals surface area contributed by atoms with Crippen molar-refractivity contribution in [3.8, 4) is 0 Å². The Bertz CT molecular complexity index is 395. The van der Waals surface area contributed by atoms with Gasteiger partial charge in [0.15, 0.2) is 0 Å². The lowest BCUT2D eigenvalue weighted by Gasteiger charge is -2.15. The summed E-state index contributed by atoms with van der Waals surface area (Å²) in [6.07, 6.45) is 2.54. The molecule has 94 valence electrons. The first-order valence-corrected chi connectivity index (χ1v) is 6.26. The SMILES string of the molecule is CC=C1OC(=O)C([C@@H](CCC)OC(C)=O)=C1Br. The summed E-state index contributed by atoms with van der Waals surface area (Å²) in [7, 11) is 0. The molecule has 0 unspecified atom stereocenters. The molecular weight excluding hydrogens is 288 g/mol. The number of hydrogen-bond acceptors (Lipinski definition) is 4. The lowest BCUT2D eigenvalue weighted by molar-refractivity contribution is -0.146. The number of hydrogen-bond donors (Lipinski definition) is 0. The van der Waals surface area contributed by atoms with Gasteiger partial charge in [-0.05, 0) is 35.4 Å². The summed E-state index contributed by atoms with van der Waals surface area (Å²) in [6.45, 7) is 5.06. The van der Waals surface area contributed by atoms with Crippen molar-refractivity contribution in [1.29, 1.82) is 0 Å². The summed E-state index contributed by atoms with van der Waals surface area (Å²) in [6, 6.07) is 0. The average molecular weight is 303 g/mol. The number of ether oxygens (including phenoxy) is 2. The Balaban J connectivity index is 3.04. The van der Waals surface area contributed by atoms with E-state index < -0.39 is 18.0 Å². The van der Waals surface area contributed by atoms with E-state index in [1.807, 2.05) is 6.92 Å².